The zero-order valence-electron chi connectivity index (χ0n) is 20.8. The highest BCUT2D eigenvalue weighted by molar-refractivity contribution is 6.31. The van der Waals surface area contributed by atoms with Gasteiger partial charge in [0.25, 0.3) is 5.91 Å². The van der Waals surface area contributed by atoms with Gasteiger partial charge in [-0.2, -0.15) is 5.26 Å². The Hall–Kier alpha value is -3.95. The number of halogens is 1. The van der Waals surface area contributed by atoms with Gasteiger partial charge in [-0.1, -0.05) is 35.9 Å². The molecule has 3 rings (SSSR count). The van der Waals surface area contributed by atoms with Gasteiger partial charge in [0.05, 0.1) is 6.61 Å². The number of anilines is 2. The number of hydrogen-bond donors (Lipinski definition) is 1. The maximum absolute atomic E-state index is 12.8. The Balaban J connectivity index is 1.75. The molecular weight excluding hydrogens is 474 g/mol. The molecule has 0 aromatic heterocycles. The summed E-state index contributed by atoms with van der Waals surface area (Å²) in [5.74, 6) is 0.582. The first-order valence-corrected chi connectivity index (χ1v) is 12.3. The van der Waals surface area contributed by atoms with Crippen LogP contribution in [0.1, 0.15) is 31.9 Å². The van der Waals surface area contributed by atoms with Crippen molar-refractivity contribution in [1.29, 1.82) is 5.26 Å². The number of carbonyl (C=O) groups excluding carboxylic acids is 1. The number of ether oxygens (including phenoxy) is 2. The minimum absolute atomic E-state index is 0.0185. The molecule has 7 heteroatoms. The van der Waals surface area contributed by atoms with Crippen LogP contribution in [0.15, 0.2) is 72.3 Å². The minimum Gasteiger partial charge on any atom is -0.490 e. The number of rotatable bonds is 11. The lowest BCUT2D eigenvalue weighted by Crippen LogP contribution is -2.21. The predicted octanol–water partition coefficient (Wildman–Crippen LogP) is 6.71. The maximum atomic E-state index is 12.8. The Bertz CT molecular complexity index is 1250. The third-order valence-corrected chi connectivity index (χ3v) is 5.91. The van der Waals surface area contributed by atoms with Crippen LogP contribution in [-0.4, -0.2) is 25.6 Å². The van der Waals surface area contributed by atoms with E-state index in [4.69, 9.17) is 21.1 Å². The lowest BCUT2D eigenvalue weighted by atomic mass is 10.1. The first-order chi connectivity index (χ1) is 17.5. The summed E-state index contributed by atoms with van der Waals surface area (Å²) in [5, 5.41) is 13.0. The van der Waals surface area contributed by atoms with Crippen molar-refractivity contribution >= 4 is 35.0 Å². The molecular formula is C29H30ClN3O3. The quantitative estimate of drug-likeness (QED) is 0.232. The van der Waals surface area contributed by atoms with Crippen LogP contribution in [-0.2, 0) is 11.4 Å². The highest BCUT2D eigenvalue weighted by atomic mass is 35.5. The third-order valence-electron chi connectivity index (χ3n) is 5.54. The molecule has 1 N–H and O–H groups in total. The van der Waals surface area contributed by atoms with Gasteiger partial charge in [0.1, 0.15) is 18.2 Å². The summed E-state index contributed by atoms with van der Waals surface area (Å²) in [6, 6.07) is 22.3. The van der Waals surface area contributed by atoms with E-state index in [-0.39, 0.29) is 12.2 Å². The fourth-order valence-corrected chi connectivity index (χ4v) is 3.82. The van der Waals surface area contributed by atoms with Crippen LogP contribution in [0.5, 0.6) is 11.5 Å². The minimum atomic E-state index is -0.481. The second-order valence-corrected chi connectivity index (χ2v) is 8.27. The number of nitrogens with zero attached hydrogens (tertiary/aromatic N) is 2. The molecule has 0 spiro atoms. The Labute approximate surface area is 217 Å². The lowest BCUT2D eigenvalue weighted by Gasteiger charge is -2.21. The van der Waals surface area contributed by atoms with Gasteiger partial charge in [0.15, 0.2) is 11.5 Å². The Morgan fingerprint density at radius 1 is 1.00 bits per heavy atom. The van der Waals surface area contributed by atoms with E-state index in [0.717, 1.165) is 24.3 Å². The van der Waals surface area contributed by atoms with Crippen LogP contribution in [0.3, 0.4) is 0 Å². The average Bonchev–Trinajstić information content (AvgIpc) is 2.89. The molecule has 0 saturated carbocycles. The third kappa shape index (κ3) is 7.03. The first kappa shape index (κ1) is 26.7. The molecule has 0 fully saturated rings. The molecule has 0 aliphatic rings. The van der Waals surface area contributed by atoms with Crippen LogP contribution in [0, 0.1) is 11.3 Å². The van der Waals surface area contributed by atoms with E-state index in [1.165, 1.54) is 6.08 Å². The van der Waals surface area contributed by atoms with Gasteiger partial charge in [-0.15, -0.1) is 0 Å². The summed E-state index contributed by atoms with van der Waals surface area (Å²) in [7, 11) is 0. The summed E-state index contributed by atoms with van der Waals surface area (Å²) in [6.45, 7) is 8.59. The van der Waals surface area contributed by atoms with Gasteiger partial charge in [0.2, 0.25) is 0 Å². The highest BCUT2D eigenvalue weighted by Gasteiger charge is 2.13. The van der Waals surface area contributed by atoms with Gasteiger partial charge < -0.3 is 19.7 Å². The van der Waals surface area contributed by atoms with Crippen LogP contribution in [0.4, 0.5) is 11.4 Å². The Morgan fingerprint density at radius 3 is 2.36 bits per heavy atom. The van der Waals surface area contributed by atoms with Crippen LogP contribution >= 0.6 is 11.6 Å². The Morgan fingerprint density at radius 2 is 1.72 bits per heavy atom. The van der Waals surface area contributed by atoms with E-state index in [2.05, 4.69) is 24.1 Å². The van der Waals surface area contributed by atoms with Crippen LogP contribution in [0.25, 0.3) is 6.08 Å². The molecule has 6 nitrogen and oxygen atoms in total. The number of benzene rings is 3. The summed E-state index contributed by atoms with van der Waals surface area (Å²) < 4.78 is 11.7. The molecule has 36 heavy (non-hydrogen) atoms. The first-order valence-electron chi connectivity index (χ1n) is 11.9. The molecule has 0 aliphatic heterocycles. The van der Waals surface area contributed by atoms with Gasteiger partial charge in [-0.3, -0.25) is 4.79 Å². The summed E-state index contributed by atoms with van der Waals surface area (Å²) in [6.07, 6.45) is 1.53. The number of nitrogens with one attached hydrogen (secondary N) is 1. The molecule has 186 valence electrons. The SMILES string of the molecule is CCOc1cc(/C=C(/C#N)C(=O)Nc2ccc(N(CC)CC)cc2)ccc1OCc1ccccc1Cl. The maximum Gasteiger partial charge on any atom is 0.266 e. The lowest BCUT2D eigenvalue weighted by molar-refractivity contribution is -0.112. The largest absolute Gasteiger partial charge is 0.490 e. The fourth-order valence-electron chi connectivity index (χ4n) is 3.63. The van der Waals surface area contributed by atoms with E-state index in [1.807, 2.05) is 61.5 Å². The van der Waals surface area contributed by atoms with E-state index in [9.17, 15) is 10.1 Å². The van der Waals surface area contributed by atoms with Gasteiger partial charge >= 0.3 is 0 Å². The number of amides is 1. The van der Waals surface area contributed by atoms with Gasteiger partial charge in [-0.25, -0.2) is 0 Å². The van der Waals surface area contributed by atoms with Gasteiger partial charge in [-0.05, 0) is 74.9 Å². The van der Waals surface area contributed by atoms with Gasteiger partial charge in [0, 0.05) is 35.1 Å². The Kier molecular flexibility index (Phi) is 9.79. The summed E-state index contributed by atoms with van der Waals surface area (Å²) >= 11 is 6.22. The van der Waals surface area contributed by atoms with Crippen molar-refractivity contribution < 1.29 is 14.3 Å². The van der Waals surface area contributed by atoms with E-state index in [1.54, 1.807) is 18.2 Å². The van der Waals surface area contributed by atoms with E-state index < -0.39 is 5.91 Å². The van der Waals surface area contributed by atoms with Crippen molar-refractivity contribution in [1.82, 2.24) is 0 Å². The molecule has 0 heterocycles. The molecule has 3 aromatic rings. The van der Waals surface area contributed by atoms with Crippen molar-refractivity contribution in [3.8, 4) is 17.6 Å². The molecule has 0 saturated heterocycles. The van der Waals surface area contributed by atoms with E-state index in [0.29, 0.717) is 34.4 Å². The zero-order chi connectivity index (χ0) is 25.9. The number of nitriles is 1. The van der Waals surface area contributed by atoms with Crippen molar-refractivity contribution in [2.75, 3.05) is 29.9 Å². The van der Waals surface area contributed by atoms with Crippen molar-refractivity contribution in [2.45, 2.75) is 27.4 Å². The highest BCUT2D eigenvalue weighted by Crippen LogP contribution is 2.31. The smallest absolute Gasteiger partial charge is 0.266 e. The predicted molar refractivity (Wildman–Crippen MR) is 146 cm³/mol. The van der Waals surface area contributed by atoms with Crippen molar-refractivity contribution in [3.05, 3.63) is 88.5 Å². The molecule has 0 atom stereocenters. The second-order valence-electron chi connectivity index (χ2n) is 7.86. The zero-order valence-corrected chi connectivity index (χ0v) is 21.5. The topological polar surface area (TPSA) is 74.6 Å². The number of carbonyl (C=O) groups is 1. The second kappa shape index (κ2) is 13.2. The fraction of sp³-hybridized carbons (Fsp3) is 0.241. The molecule has 0 aliphatic carbocycles. The molecule has 0 unspecified atom stereocenters. The molecule has 3 aromatic carbocycles. The standard InChI is InChI=1S/C29H30ClN3O3/c1-4-33(5-2)25-14-12-24(13-15-25)32-29(34)23(19-31)17-21-11-16-27(28(18-21)35-6-3)36-20-22-9-7-8-10-26(22)30/h7-18H,4-6,20H2,1-3H3,(H,32,34)/b23-17-. The molecule has 1 amide bonds. The normalized spacial score (nSPS) is 10.9. The van der Waals surface area contributed by atoms with E-state index >= 15 is 0 Å². The number of hydrogen-bond acceptors (Lipinski definition) is 5. The van der Waals surface area contributed by atoms with Crippen LogP contribution in [0.2, 0.25) is 5.02 Å². The van der Waals surface area contributed by atoms with Crippen LogP contribution < -0.4 is 19.7 Å². The molecule has 0 radical (unpaired) electrons. The summed E-state index contributed by atoms with van der Waals surface area (Å²) in [4.78, 5) is 15.0. The molecule has 0 bridgehead atoms. The monoisotopic (exact) mass is 503 g/mol. The average molecular weight is 504 g/mol. The van der Waals surface area contributed by atoms with Crippen molar-refractivity contribution in [3.63, 3.8) is 0 Å². The summed E-state index contributed by atoms with van der Waals surface area (Å²) in [5.41, 5.74) is 3.19. The van der Waals surface area contributed by atoms with Crippen molar-refractivity contribution in [2.24, 2.45) is 0 Å².